The van der Waals surface area contributed by atoms with E-state index in [1.165, 1.54) is 0 Å². The molecule has 1 atom stereocenters. The summed E-state index contributed by atoms with van der Waals surface area (Å²) in [6.45, 7) is 5.43. The molecule has 2 N–H and O–H groups in total. The molecule has 0 bridgehead atoms. The van der Waals surface area contributed by atoms with Gasteiger partial charge in [0.1, 0.15) is 6.04 Å². The van der Waals surface area contributed by atoms with Crippen molar-refractivity contribution < 1.29 is 19.8 Å². The molecule has 0 aliphatic rings. The van der Waals surface area contributed by atoms with Crippen LogP contribution >= 0.6 is 0 Å². The molecule has 0 aliphatic carbocycles. The monoisotopic (exact) mass is 202 g/mol. The highest BCUT2D eigenvalue weighted by Crippen LogP contribution is 2.06. The second-order valence-corrected chi connectivity index (χ2v) is 4.20. The predicted octanol–water partition coefficient (Wildman–Crippen LogP) is 0.565. The van der Waals surface area contributed by atoms with Crippen molar-refractivity contribution in [2.45, 2.75) is 45.2 Å². The van der Waals surface area contributed by atoms with Crippen molar-refractivity contribution >= 4 is 11.9 Å². The molecular weight excluding hydrogens is 186 g/mol. The third kappa shape index (κ3) is 6.42. The van der Waals surface area contributed by atoms with E-state index in [4.69, 9.17) is 5.11 Å². The Kier molecular flexibility index (Phi) is 4.56. The molecule has 0 aromatic carbocycles. The molecule has 0 rings (SSSR count). The minimum Gasteiger partial charge on any atom is -0.481 e. The SMILES string of the molecule is CC(C)(C)N[C@@H](CCC(=O)O)C([O])=O. The highest BCUT2D eigenvalue weighted by atomic mass is 16.4. The molecule has 0 aliphatic heterocycles. The fraction of sp³-hybridized carbons (Fsp3) is 0.778. The summed E-state index contributed by atoms with van der Waals surface area (Å²) in [7, 11) is 0. The lowest BCUT2D eigenvalue weighted by Gasteiger charge is -2.24. The number of hydrogen-bond donors (Lipinski definition) is 2. The van der Waals surface area contributed by atoms with Crippen molar-refractivity contribution in [2.24, 2.45) is 0 Å². The molecule has 0 aromatic rings. The van der Waals surface area contributed by atoms with Gasteiger partial charge in [0.25, 0.3) is 0 Å². The topological polar surface area (TPSA) is 86.3 Å². The molecule has 14 heavy (non-hydrogen) atoms. The number of rotatable bonds is 5. The van der Waals surface area contributed by atoms with E-state index in [1.54, 1.807) is 0 Å². The molecular formula is C9H16NO4. The standard InChI is InChI=1S/C9H16NO4/c1-9(2,3)10-6(8(13)14)4-5-7(11)12/h6,10H,4-5H2,1-3H3,(H,11,12)/t6-/m0/s1. The maximum absolute atomic E-state index is 10.6. The fourth-order valence-electron chi connectivity index (χ4n) is 1.04. The van der Waals surface area contributed by atoms with E-state index in [9.17, 15) is 14.7 Å². The number of carbonyl (C=O) groups excluding carboxylic acids is 1. The van der Waals surface area contributed by atoms with Crippen LogP contribution in [0.3, 0.4) is 0 Å². The fourth-order valence-corrected chi connectivity index (χ4v) is 1.04. The van der Waals surface area contributed by atoms with Gasteiger partial charge < -0.3 is 5.11 Å². The Bertz CT molecular complexity index is 219. The molecule has 0 saturated heterocycles. The Labute approximate surface area is 83.1 Å². The lowest BCUT2D eigenvalue weighted by molar-refractivity contribution is -0.146. The van der Waals surface area contributed by atoms with Gasteiger partial charge in [-0.2, -0.15) is 0 Å². The zero-order valence-corrected chi connectivity index (χ0v) is 8.66. The first-order chi connectivity index (χ1) is 6.22. The van der Waals surface area contributed by atoms with Gasteiger partial charge in [-0.05, 0) is 27.2 Å². The molecule has 0 fully saturated rings. The highest BCUT2D eigenvalue weighted by molar-refractivity contribution is 5.74. The number of carboxylic acid groups (broad SMARTS) is 1. The maximum Gasteiger partial charge on any atom is 0.372 e. The first-order valence-electron chi connectivity index (χ1n) is 4.43. The lowest BCUT2D eigenvalue weighted by atomic mass is 10.0. The highest BCUT2D eigenvalue weighted by Gasteiger charge is 2.24. The van der Waals surface area contributed by atoms with E-state index in [-0.39, 0.29) is 18.4 Å². The number of carboxylic acids is 1. The zero-order chi connectivity index (χ0) is 11.4. The van der Waals surface area contributed by atoms with Crippen LogP contribution in [0, 0.1) is 0 Å². The van der Waals surface area contributed by atoms with Crippen LogP contribution < -0.4 is 5.32 Å². The molecule has 0 amide bonds. The van der Waals surface area contributed by atoms with E-state index < -0.39 is 18.0 Å². The van der Waals surface area contributed by atoms with E-state index >= 15 is 0 Å². The second kappa shape index (κ2) is 4.95. The molecule has 0 saturated carbocycles. The third-order valence-corrected chi connectivity index (χ3v) is 1.54. The molecule has 5 heteroatoms. The van der Waals surface area contributed by atoms with Crippen molar-refractivity contribution in [3.05, 3.63) is 0 Å². The number of carbonyl (C=O) groups is 2. The van der Waals surface area contributed by atoms with Gasteiger partial charge in [-0.3, -0.25) is 10.1 Å². The molecule has 0 heterocycles. The van der Waals surface area contributed by atoms with Crippen LogP contribution in [-0.2, 0) is 14.7 Å². The van der Waals surface area contributed by atoms with Crippen LogP contribution in [0.4, 0.5) is 0 Å². The number of nitrogens with one attached hydrogen (secondary N) is 1. The Morgan fingerprint density at radius 2 is 1.86 bits per heavy atom. The van der Waals surface area contributed by atoms with Crippen LogP contribution in [0.1, 0.15) is 33.6 Å². The lowest BCUT2D eigenvalue weighted by Crippen LogP contribution is -2.47. The summed E-state index contributed by atoms with van der Waals surface area (Å²) in [5, 5.41) is 21.8. The smallest absolute Gasteiger partial charge is 0.372 e. The normalized spacial score (nSPS) is 13.6. The van der Waals surface area contributed by atoms with E-state index in [1.807, 2.05) is 20.8 Å². The summed E-state index contributed by atoms with van der Waals surface area (Å²) in [5.74, 6) is -2.27. The van der Waals surface area contributed by atoms with Crippen molar-refractivity contribution in [3.63, 3.8) is 0 Å². The first kappa shape index (κ1) is 12.9. The quantitative estimate of drug-likeness (QED) is 0.682. The van der Waals surface area contributed by atoms with E-state index in [0.717, 1.165) is 0 Å². The predicted molar refractivity (Wildman–Crippen MR) is 49.2 cm³/mol. The van der Waals surface area contributed by atoms with Gasteiger partial charge in [-0.1, -0.05) is 0 Å². The largest absolute Gasteiger partial charge is 0.481 e. The molecule has 0 aromatic heterocycles. The molecule has 0 spiro atoms. The van der Waals surface area contributed by atoms with Crippen molar-refractivity contribution in [1.29, 1.82) is 0 Å². The summed E-state index contributed by atoms with van der Waals surface area (Å²) < 4.78 is 0. The summed E-state index contributed by atoms with van der Waals surface area (Å²) in [6.07, 6.45) is -0.142. The van der Waals surface area contributed by atoms with Crippen LogP contribution in [0.25, 0.3) is 0 Å². The van der Waals surface area contributed by atoms with Crippen LogP contribution in [0.5, 0.6) is 0 Å². The molecule has 5 nitrogen and oxygen atoms in total. The second-order valence-electron chi connectivity index (χ2n) is 4.20. The van der Waals surface area contributed by atoms with Crippen molar-refractivity contribution in [1.82, 2.24) is 5.32 Å². The van der Waals surface area contributed by atoms with Gasteiger partial charge in [-0.15, -0.1) is 0 Å². The van der Waals surface area contributed by atoms with Gasteiger partial charge in [0.2, 0.25) is 0 Å². The molecule has 0 unspecified atom stereocenters. The minimum absolute atomic E-state index is 0.0366. The Balaban J connectivity index is 4.17. The Morgan fingerprint density at radius 1 is 1.36 bits per heavy atom. The number of aliphatic carboxylic acids is 1. The van der Waals surface area contributed by atoms with Gasteiger partial charge in [0.05, 0.1) is 0 Å². The van der Waals surface area contributed by atoms with Crippen LogP contribution in [0.15, 0.2) is 0 Å². The van der Waals surface area contributed by atoms with E-state index in [2.05, 4.69) is 5.32 Å². The zero-order valence-electron chi connectivity index (χ0n) is 8.66. The first-order valence-corrected chi connectivity index (χ1v) is 4.43. The summed E-state index contributed by atoms with van der Waals surface area (Å²) >= 11 is 0. The molecule has 81 valence electrons. The van der Waals surface area contributed by atoms with Gasteiger partial charge >= 0.3 is 11.9 Å². The average molecular weight is 202 g/mol. The van der Waals surface area contributed by atoms with E-state index in [0.29, 0.717) is 0 Å². The third-order valence-electron chi connectivity index (χ3n) is 1.54. The van der Waals surface area contributed by atoms with Crippen molar-refractivity contribution in [2.75, 3.05) is 0 Å². The Morgan fingerprint density at radius 3 is 2.14 bits per heavy atom. The summed E-state index contributed by atoms with van der Waals surface area (Å²) in [6, 6.07) is -0.911. The van der Waals surface area contributed by atoms with Crippen LogP contribution in [-0.4, -0.2) is 28.6 Å². The summed E-state index contributed by atoms with van der Waals surface area (Å²) in [4.78, 5) is 20.9. The minimum atomic E-state index is -1.26. The van der Waals surface area contributed by atoms with Crippen molar-refractivity contribution in [3.8, 4) is 0 Å². The summed E-state index contributed by atoms with van der Waals surface area (Å²) in [5.41, 5.74) is -0.372. The number of hydrogen-bond acceptors (Lipinski definition) is 3. The van der Waals surface area contributed by atoms with Gasteiger partial charge in [0.15, 0.2) is 0 Å². The average Bonchev–Trinajstić information content (AvgIpc) is 1.94. The van der Waals surface area contributed by atoms with Gasteiger partial charge in [-0.25, -0.2) is 9.90 Å². The molecule has 1 radical (unpaired) electrons. The Hall–Kier alpha value is -1.10. The maximum atomic E-state index is 10.6. The van der Waals surface area contributed by atoms with Gasteiger partial charge in [0, 0.05) is 12.0 Å². The van der Waals surface area contributed by atoms with Crippen LogP contribution in [0.2, 0.25) is 0 Å².